The number of aliphatic imine (C=N–C) groups is 1. The molecule has 2 heterocycles. The maximum absolute atomic E-state index is 12.7. The SMILES string of the molecule is COc1cc(NC(C)=O)c(Cl)cc1C(=O)NC1=C2C=CC=CN2CC=N1. The average Bonchev–Trinajstić information content (AvgIpc) is 2.63. The fourth-order valence-electron chi connectivity index (χ4n) is 2.59. The summed E-state index contributed by atoms with van der Waals surface area (Å²) in [5.74, 6) is 0.0393. The van der Waals surface area contributed by atoms with E-state index >= 15 is 0 Å². The fraction of sp³-hybridized carbons (Fsp3) is 0.167. The Balaban J connectivity index is 1.90. The minimum Gasteiger partial charge on any atom is -0.496 e. The third-order valence-corrected chi connectivity index (χ3v) is 4.07. The number of hydrogen-bond acceptors (Lipinski definition) is 5. The van der Waals surface area contributed by atoms with Crippen LogP contribution in [0, 0.1) is 0 Å². The molecule has 26 heavy (non-hydrogen) atoms. The smallest absolute Gasteiger partial charge is 0.260 e. The molecule has 0 aliphatic carbocycles. The highest BCUT2D eigenvalue weighted by Gasteiger charge is 2.21. The molecule has 1 aromatic carbocycles. The molecule has 0 saturated heterocycles. The van der Waals surface area contributed by atoms with Gasteiger partial charge < -0.3 is 20.3 Å². The second kappa shape index (κ2) is 7.45. The van der Waals surface area contributed by atoms with Crippen LogP contribution >= 0.6 is 11.6 Å². The molecule has 7 nitrogen and oxygen atoms in total. The highest BCUT2D eigenvalue weighted by molar-refractivity contribution is 6.34. The van der Waals surface area contributed by atoms with Crippen LogP contribution in [0.3, 0.4) is 0 Å². The summed E-state index contributed by atoms with van der Waals surface area (Å²) < 4.78 is 5.28. The van der Waals surface area contributed by atoms with E-state index in [0.717, 1.165) is 5.70 Å². The average molecular weight is 373 g/mol. The monoisotopic (exact) mass is 372 g/mol. The Hall–Kier alpha value is -3.06. The predicted molar refractivity (Wildman–Crippen MR) is 100 cm³/mol. The number of methoxy groups -OCH3 is 1. The quantitative estimate of drug-likeness (QED) is 0.851. The number of hydrogen-bond donors (Lipinski definition) is 2. The maximum Gasteiger partial charge on any atom is 0.260 e. The Morgan fingerprint density at radius 1 is 1.27 bits per heavy atom. The number of anilines is 1. The highest BCUT2D eigenvalue weighted by Crippen LogP contribution is 2.31. The lowest BCUT2D eigenvalue weighted by atomic mass is 10.1. The van der Waals surface area contributed by atoms with Gasteiger partial charge in [-0.1, -0.05) is 17.7 Å². The number of rotatable bonds is 4. The number of carbonyl (C=O) groups excluding carboxylic acids is 2. The van der Waals surface area contributed by atoms with Crippen LogP contribution in [0.1, 0.15) is 17.3 Å². The van der Waals surface area contributed by atoms with E-state index in [2.05, 4.69) is 15.6 Å². The fourth-order valence-corrected chi connectivity index (χ4v) is 2.80. The topological polar surface area (TPSA) is 83.0 Å². The summed E-state index contributed by atoms with van der Waals surface area (Å²) in [7, 11) is 1.44. The van der Waals surface area contributed by atoms with E-state index in [-0.39, 0.29) is 22.2 Å². The number of amides is 2. The second-order valence-electron chi connectivity index (χ2n) is 5.57. The Kier molecular flexibility index (Phi) is 5.09. The number of carbonyl (C=O) groups is 2. The van der Waals surface area contributed by atoms with Crippen molar-refractivity contribution in [2.24, 2.45) is 4.99 Å². The van der Waals surface area contributed by atoms with Crippen LogP contribution in [0.2, 0.25) is 5.02 Å². The van der Waals surface area contributed by atoms with E-state index in [0.29, 0.717) is 18.1 Å². The van der Waals surface area contributed by atoms with Crippen LogP contribution in [0.25, 0.3) is 0 Å². The first-order chi connectivity index (χ1) is 12.5. The minimum absolute atomic E-state index is 0.234. The van der Waals surface area contributed by atoms with Gasteiger partial charge in [-0.05, 0) is 18.2 Å². The molecule has 0 spiro atoms. The minimum atomic E-state index is -0.414. The van der Waals surface area contributed by atoms with Crippen molar-refractivity contribution in [2.75, 3.05) is 19.0 Å². The van der Waals surface area contributed by atoms with Crippen LogP contribution in [-0.2, 0) is 4.79 Å². The molecule has 2 aliphatic heterocycles. The first-order valence-corrected chi connectivity index (χ1v) is 8.22. The molecule has 1 aromatic rings. The van der Waals surface area contributed by atoms with Crippen LogP contribution in [0.4, 0.5) is 5.69 Å². The molecule has 0 aromatic heterocycles. The summed E-state index contributed by atoms with van der Waals surface area (Å²) in [5, 5.41) is 5.61. The van der Waals surface area contributed by atoms with Crippen molar-refractivity contribution in [3.8, 4) is 5.75 Å². The van der Waals surface area contributed by atoms with Gasteiger partial charge in [0.2, 0.25) is 5.91 Å². The maximum atomic E-state index is 12.7. The number of nitrogens with zero attached hydrogens (tertiary/aromatic N) is 2. The Bertz CT molecular complexity index is 887. The van der Waals surface area contributed by atoms with Crippen molar-refractivity contribution in [3.05, 3.63) is 58.7 Å². The van der Waals surface area contributed by atoms with Crippen LogP contribution in [0.15, 0.2) is 53.1 Å². The van der Waals surface area contributed by atoms with Crippen LogP contribution in [-0.4, -0.2) is 36.6 Å². The first kappa shape index (κ1) is 17.8. The zero-order valence-electron chi connectivity index (χ0n) is 14.2. The molecule has 3 rings (SSSR count). The molecule has 2 aliphatic rings. The molecule has 2 amide bonds. The van der Waals surface area contributed by atoms with Crippen molar-refractivity contribution < 1.29 is 14.3 Å². The van der Waals surface area contributed by atoms with Gasteiger partial charge in [-0.25, -0.2) is 4.99 Å². The predicted octanol–water partition coefficient (Wildman–Crippen LogP) is 2.68. The molecule has 0 bridgehead atoms. The van der Waals surface area contributed by atoms with Crippen molar-refractivity contribution in [1.82, 2.24) is 10.2 Å². The number of halogens is 1. The van der Waals surface area contributed by atoms with E-state index in [4.69, 9.17) is 16.3 Å². The number of fused-ring (bicyclic) bond motifs is 1. The molecule has 0 radical (unpaired) electrons. The largest absolute Gasteiger partial charge is 0.496 e. The first-order valence-electron chi connectivity index (χ1n) is 7.84. The molecule has 134 valence electrons. The third-order valence-electron chi connectivity index (χ3n) is 3.76. The van der Waals surface area contributed by atoms with E-state index in [1.807, 2.05) is 29.3 Å². The standard InChI is InChI=1S/C18H17ClN4O3/c1-11(24)21-14-10-16(26-2)12(9-13(14)19)18(25)22-17-15-5-3-4-7-23(15)8-6-20-17/h3-7,9-10H,8H2,1-2H3,(H,21,24)(H,22,25). The van der Waals surface area contributed by atoms with Gasteiger partial charge in [0.05, 0.1) is 35.6 Å². The normalized spacial score (nSPS) is 15.0. The summed E-state index contributed by atoms with van der Waals surface area (Å²) in [6, 6.07) is 2.96. The summed E-state index contributed by atoms with van der Waals surface area (Å²) in [5.41, 5.74) is 1.41. The highest BCUT2D eigenvalue weighted by atomic mass is 35.5. The summed E-state index contributed by atoms with van der Waals surface area (Å²) in [6.45, 7) is 2.01. The Morgan fingerprint density at radius 3 is 2.81 bits per heavy atom. The van der Waals surface area contributed by atoms with Gasteiger partial charge >= 0.3 is 0 Å². The summed E-state index contributed by atoms with van der Waals surface area (Å²) in [6.07, 6.45) is 9.28. The number of nitrogens with one attached hydrogen (secondary N) is 2. The molecule has 8 heteroatoms. The van der Waals surface area contributed by atoms with Gasteiger partial charge in [-0.2, -0.15) is 0 Å². The second-order valence-corrected chi connectivity index (χ2v) is 5.97. The summed E-state index contributed by atoms with van der Waals surface area (Å²) >= 11 is 6.18. The van der Waals surface area contributed by atoms with Gasteiger partial charge in [0.1, 0.15) is 5.75 Å². The van der Waals surface area contributed by atoms with Crippen molar-refractivity contribution in [1.29, 1.82) is 0 Å². The van der Waals surface area contributed by atoms with E-state index in [1.165, 1.54) is 26.2 Å². The van der Waals surface area contributed by atoms with Crippen LogP contribution in [0.5, 0.6) is 5.75 Å². The van der Waals surface area contributed by atoms with E-state index in [9.17, 15) is 9.59 Å². The van der Waals surface area contributed by atoms with Gasteiger partial charge in [-0.15, -0.1) is 0 Å². The van der Waals surface area contributed by atoms with E-state index in [1.54, 1.807) is 6.21 Å². The molecular weight excluding hydrogens is 356 g/mol. The van der Waals surface area contributed by atoms with Gasteiger partial charge in [0.25, 0.3) is 5.91 Å². The Morgan fingerprint density at radius 2 is 2.08 bits per heavy atom. The molecule has 0 unspecified atom stereocenters. The van der Waals surface area contributed by atoms with Gasteiger partial charge in [0, 0.05) is 25.4 Å². The van der Waals surface area contributed by atoms with Gasteiger partial charge in [-0.3, -0.25) is 9.59 Å². The number of ether oxygens (including phenoxy) is 1. The lowest BCUT2D eigenvalue weighted by molar-refractivity contribution is -0.114. The molecule has 0 fully saturated rings. The third kappa shape index (κ3) is 3.62. The lowest BCUT2D eigenvalue weighted by Gasteiger charge is -2.26. The van der Waals surface area contributed by atoms with E-state index < -0.39 is 5.91 Å². The zero-order valence-corrected chi connectivity index (χ0v) is 15.0. The van der Waals surface area contributed by atoms with Crippen molar-refractivity contribution in [3.63, 3.8) is 0 Å². The molecule has 0 atom stereocenters. The lowest BCUT2D eigenvalue weighted by Crippen LogP contribution is -2.31. The summed E-state index contributed by atoms with van der Waals surface area (Å²) in [4.78, 5) is 30.2. The van der Waals surface area contributed by atoms with Crippen LogP contribution < -0.4 is 15.4 Å². The molecule has 0 saturated carbocycles. The van der Waals surface area contributed by atoms with Crippen molar-refractivity contribution >= 4 is 35.3 Å². The zero-order chi connectivity index (χ0) is 18.7. The van der Waals surface area contributed by atoms with Crippen molar-refractivity contribution in [2.45, 2.75) is 6.92 Å². The molecular formula is C18H17ClN4O3. The number of allylic oxidation sites excluding steroid dienone is 3. The number of benzene rings is 1. The molecule has 2 N–H and O–H groups in total. The Labute approximate surface area is 155 Å². The van der Waals surface area contributed by atoms with Gasteiger partial charge in [0.15, 0.2) is 5.82 Å².